The van der Waals surface area contributed by atoms with E-state index in [1.54, 1.807) is 11.1 Å². The molecule has 0 heterocycles. The number of benzene rings is 3. The molecule has 3 aromatic carbocycles. The van der Waals surface area contributed by atoms with Gasteiger partial charge >= 0.3 is 0 Å². The zero-order valence-corrected chi connectivity index (χ0v) is 33.5. The molecular formula is C44H66S4. The highest BCUT2D eigenvalue weighted by Gasteiger charge is 2.24. The summed E-state index contributed by atoms with van der Waals surface area (Å²) in [6, 6.07) is 22.2. The summed E-state index contributed by atoms with van der Waals surface area (Å²) in [4.78, 5) is 0. The molecule has 0 fully saturated rings. The zero-order valence-electron chi connectivity index (χ0n) is 29.9. The quantitative estimate of drug-likeness (QED) is 0.0416. The van der Waals surface area contributed by atoms with Crippen molar-refractivity contribution in [3.05, 3.63) is 82.9 Å². The lowest BCUT2D eigenvalue weighted by atomic mass is 9.79. The van der Waals surface area contributed by atoms with Gasteiger partial charge in [-0.25, -0.2) is 0 Å². The van der Waals surface area contributed by atoms with Crippen molar-refractivity contribution >= 4 is 50.5 Å². The minimum atomic E-state index is 0.764. The van der Waals surface area contributed by atoms with Gasteiger partial charge in [0.2, 0.25) is 0 Å². The van der Waals surface area contributed by atoms with Gasteiger partial charge < -0.3 is 0 Å². The van der Waals surface area contributed by atoms with Crippen molar-refractivity contribution in [2.75, 3.05) is 11.5 Å². The second-order valence-electron chi connectivity index (χ2n) is 13.7. The molecule has 0 aromatic heterocycles. The standard InChI is InChI=1S/C44H66S4/c45-33-25-15-11-7-3-1-5-9-13-23-31-39-40(32-24-14-10-6-2-4-8-12-16-26-34-46)42(36-48)44(38-29-21-18-22-30-38)43(41(39)35-47)37-27-19-17-20-28-37/h17-22,27-30,45-48H,1-16,23-26,31-36H2. The first-order valence-corrected chi connectivity index (χ1v) is 22.0. The van der Waals surface area contributed by atoms with E-state index in [1.165, 1.54) is 162 Å². The van der Waals surface area contributed by atoms with Crippen LogP contribution in [0.25, 0.3) is 22.3 Å². The van der Waals surface area contributed by atoms with Crippen molar-refractivity contribution in [1.82, 2.24) is 0 Å². The molecule has 0 spiro atoms. The topological polar surface area (TPSA) is 0 Å². The predicted octanol–water partition coefficient (Wildman–Crippen LogP) is 14.6. The van der Waals surface area contributed by atoms with Crippen LogP contribution in [0.3, 0.4) is 0 Å². The Bertz CT molecular complexity index is 1130. The van der Waals surface area contributed by atoms with Gasteiger partial charge in [-0.15, -0.1) is 0 Å². The lowest BCUT2D eigenvalue weighted by molar-refractivity contribution is 0.553. The minimum absolute atomic E-state index is 0.764. The first-order valence-electron chi connectivity index (χ1n) is 19.5. The van der Waals surface area contributed by atoms with E-state index in [1.807, 2.05) is 0 Å². The van der Waals surface area contributed by atoms with Crippen molar-refractivity contribution in [2.45, 2.75) is 153 Å². The lowest BCUT2D eigenvalue weighted by Crippen LogP contribution is -2.09. The third-order valence-electron chi connectivity index (χ3n) is 10.1. The highest BCUT2D eigenvalue weighted by Crippen LogP contribution is 2.44. The summed E-state index contributed by atoms with van der Waals surface area (Å²) >= 11 is 18.8. The van der Waals surface area contributed by atoms with Gasteiger partial charge in [-0.3, -0.25) is 0 Å². The van der Waals surface area contributed by atoms with Crippen LogP contribution >= 0.6 is 50.5 Å². The van der Waals surface area contributed by atoms with Crippen molar-refractivity contribution in [3.63, 3.8) is 0 Å². The summed E-state index contributed by atoms with van der Waals surface area (Å²) in [7, 11) is 0. The molecule has 0 amide bonds. The van der Waals surface area contributed by atoms with E-state index in [0.717, 1.165) is 35.9 Å². The van der Waals surface area contributed by atoms with E-state index in [-0.39, 0.29) is 0 Å². The van der Waals surface area contributed by atoms with Gasteiger partial charge in [0.15, 0.2) is 0 Å². The molecule has 0 radical (unpaired) electrons. The van der Waals surface area contributed by atoms with Crippen LogP contribution in [0.15, 0.2) is 60.7 Å². The smallest absolute Gasteiger partial charge is 0.0163 e. The van der Waals surface area contributed by atoms with Crippen molar-refractivity contribution in [3.8, 4) is 22.3 Å². The molecule has 266 valence electrons. The van der Waals surface area contributed by atoms with Crippen molar-refractivity contribution in [1.29, 1.82) is 0 Å². The van der Waals surface area contributed by atoms with Crippen LogP contribution in [0.4, 0.5) is 0 Å². The highest BCUT2D eigenvalue weighted by atomic mass is 32.1. The van der Waals surface area contributed by atoms with Crippen LogP contribution in [0.1, 0.15) is 151 Å². The van der Waals surface area contributed by atoms with Crippen LogP contribution in [-0.2, 0) is 24.3 Å². The van der Waals surface area contributed by atoms with Crippen LogP contribution in [0, 0.1) is 0 Å². The van der Waals surface area contributed by atoms with E-state index in [2.05, 4.69) is 85.9 Å². The Hall–Kier alpha value is -0.940. The second kappa shape index (κ2) is 26.8. The molecule has 4 heteroatoms. The fourth-order valence-electron chi connectivity index (χ4n) is 7.42. The number of unbranched alkanes of at least 4 members (excludes halogenated alkanes) is 18. The van der Waals surface area contributed by atoms with Crippen molar-refractivity contribution < 1.29 is 0 Å². The van der Waals surface area contributed by atoms with E-state index in [4.69, 9.17) is 25.3 Å². The van der Waals surface area contributed by atoms with Gasteiger partial charge in [0.25, 0.3) is 0 Å². The predicted molar refractivity (Wildman–Crippen MR) is 230 cm³/mol. The maximum atomic E-state index is 5.06. The summed E-state index contributed by atoms with van der Waals surface area (Å²) in [6.07, 6.45) is 29.2. The molecule has 0 bridgehead atoms. The average Bonchev–Trinajstić information content (AvgIpc) is 3.13. The Labute approximate surface area is 318 Å². The molecule has 0 aliphatic rings. The molecule has 3 rings (SSSR count). The molecule has 0 N–H and O–H groups in total. The van der Waals surface area contributed by atoms with Gasteiger partial charge in [-0.1, -0.05) is 163 Å². The molecule has 3 aromatic rings. The third kappa shape index (κ3) is 14.7. The number of thiol groups is 4. The number of rotatable bonds is 28. The monoisotopic (exact) mass is 722 g/mol. The van der Waals surface area contributed by atoms with Crippen LogP contribution < -0.4 is 0 Å². The molecule has 0 aliphatic carbocycles. The van der Waals surface area contributed by atoms with E-state index in [9.17, 15) is 0 Å². The fourth-order valence-corrected chi connectivity index (χ4v) is 8.57. The lowest BCUT2D eigenvalue weighted by Gasteiger charge is -2.27. The summed E-state index contributed by atoms with van der Waals surface area (Å²) in [5, 5.41) is 0. The Morgan fingerprint density at radius 3 is 0.833 bits per heavy atom. The normalized spacial score (nSPS) is 11.4. The maximum Gasteiger partial charge on any atom is 0.0163 e. The Morgan fingerprint density at radius 1 is 0.292 bits per heavy atom. The molecule has 0 nitrogen and oxygen atoms in total. The highest BCUT2D eigenvalue weighted by molar-refractivity contribution is 7.80. The third-order valence-corrected chi connectivity index (χ3v) is 11.3. The summed E-state index contributed by atoms with van der Waals surface area (Å²) < 4.78 is 0. The fraction of sp³-hybridized carbons (Fsp3) is 0.591. The van der Waals surface area contributed by atoms with Crippen LogP contribution in [0.2, 0.25) is 0 Å². The molecule has 0 saturated carbocycles. The largest absolute Gasteiger partial charge is 0.179 e. The molecule has 48 heavy (non-hydrogen) atoms. The molecule has 0 saturated heterocycles. The Kier molecular flexibility index (Phi) is 23.2. The summed E-state index contributed by atoms with van der Waals surface area (Å²) in [5.41, 5.74) is 11.4. The number of hydrogen-bond acceptors (Lipinski definition) is 4. The summed E-state index contributed by atoms with van der Waals surface area (Å²) in [5.74, 6) is 3.60. The SMILES string of the molecule is SCCCCCCCCCCCCc1c(CCCCCCCCCCCCS)c(CS)c(-c2ccccc2)c(-c2ccccc2)c1CS. The van der Waals surface area contributed by atoms with Crippen molar-refractivity contribution in [2.24, 2.45) is 0 Å². The molecule has 0 aliphatic heterocycles. The van der Waals surface area contributed by atoms with Crippen LogP contribution in [0.5, 0.6) is 0 Å². The van der Waals surface area contributed by atoms with E-state index in [0.29, 0.717) is 0 Å². The Morgan fingerprint density at radius 2 is 0.562 bits per heavy atom. The van der Waals surface area contributed by atoms with E-state index < -0.39 is 0 Å². The van der Waals surface area contributed by atoms with E-state index >= 15 is 0 Å². The van der Waals surface area contributed by atoms with Gasteiger partial charge in [0, 0.05) is 11.5 Å². The first kappa shape index (κ1) is 41.5. The Balaban J connectivity index is 1.77. The first-order chi connectivity index (χ1) is 23.8. The van der Waals surface area contributed by atoms with Gasteiger partial charge in [-0.2, -0.15) is 50.5 Å². The minimum Gasteiger partial charge on any atom is -0.179 e. The van der Waals surface area contributed by atoms with Gasteiger partial charge in [-0.05, 0) is 94.5 Å². The maximum absolute atomic E-state index is 5.06. The molecule has 0 atom stereocenters. The zero-order chi connectivity index (χ0) is 34.1. The van der Waals surface area contributed by atoms with Crippen LogP contribution in [-0.4, -0.2) is 11.5 Å². The number of hydrogen-bond donors (Lipinski definition) is 4. The summed E-state index contributed by atoms with van der Waals surface area (Å²) in [6.45, 7) is 0. The average molecular weight is 723 g/mol. The molecular weight excluding hydrogens is 657 g/mol. The molecule has 0 unspecified atom stereocenters. The van der Waals surface area contributed by atoms with Gasteiger partial charge in [0.1, 0.15) is 0 Å². The van der Waals surface area contributed by atoms with Gasteiger partial charge in [0.05, 0.1) is 0 Å². The second-order valence-corrected chi connectivity index (χ2v) is 15.3.